The molecule has 4 heteroatoms. The van der Waals surface area contributed by atoms with Crippen LogP contribution in [0.15, 0.2) is 42.5 Å². The third kappa shape index (κ3) is 3.68. The van der Waals surface area contributed by atoms with Crippen LogP contribution in [0.3, 0.4) is 0 Å². The molecule has 0 fully saturated rings. The van der Waals surface area contributed by atoms with Crippen LogP contribution in [0, 0.1) is 29.6 Å². The number of benzene rings is 2. The Morgan fingerprint density at radius 3 is 2.29 bits per heavy atom. The van der Waals surface area contributed by atoms with Gasteiger partial charge in [0.2, 0.25) is 5.91 Å². The van der Waals surface area contributed by atoms with Crippen LogP contribution < -0.4 is 5.32 Å². The maximum atomic E-state index is 12.0. The molecule has 4 nitrogen and oxygen atoms in total. The lowest BCUT2D eigenvalue weighted by atomic mass is 10.1. The Morgan fingerprint density at radius 2 is 1.67 bits per heavy atom. The number of amides is 1. The van der Waals surface area contributed by atoms with Gasteiger partial charge in [-0.1, -0.05) is 18.2 Å². The van der Waals surface area contributed by atoms with Crippen molar-refractivity contribution in [2.45, 2.75) is 13.3 Å². The van der Waals surface area contributed by atoms with Crippen molar-refractivity contribution < 1.29 is 4.79 Å². The van der Waals surface area contributed by atoms with Crippen LogP contribution in [-0.4, -0.2) is 5.91 Å². The van der Waals surface area contributed by atoms with E-state index in [9.17, 15) is 4.79 Å². The first-order chi connectivity index (χ1) is 10.1. The molecular weight excluding hydrogens is 262 g/mol. The third-order valence-corrected chi connectivity index (χ3v) is 3.09. The first-order valence-electron chi connectivity index (χ1n) is 6.42. The molecule has 0 spiro atoms. The summed E-state index contributed by atoms with van der Waals surface area (Å²) in [5.41, 5.74) is 3.46. The van der Waals surface area contributed by atoms with Crippen LogP contribution in [0.1, 0.15) is 22.3 Å². The number of nitrogens with one attached hydrogen (secondary N) is 1. The fraction of sp³-hybridized carbons (Fsp3) is 0.118. The molecule has 1 N–H and O–H groups in total. The van der Waals surface area contributed by atoms with E-state index in [-0.39, 0.29) is 12.3 Å². The molecule has 2 rings (SSSR count). The number of carbonyl (C=O) groups excluding carboxylic acids is 1. The average Bonchev–Trinajstić information content (AvgIpc) is 2.50. The SMILES string of the molecule is Cc1ccc(C#N)cc1NC(=O)Cc1ccc(C#N)cc1. The van der Waals surface area contributed by atoms with Crippen molar-refractivity contribution in [3.8, 4) is 12.1 Å². The highest BCUT2D eigenvalue weighted by molar-refractivity contribution is 5.93. The van der Waals surface area contributed by atoms with Crippen molar-refractivity contribution in [2.24, 2.45) is 0 Å². The number of carbonyl (C=O) groups is 1. The van der Waals surface area contributed by atoms with Crippen LogP contribution in [0.2, 0.25) is 0 Å². The largest absolute Gasteiger partial charge is 0.326 e. The number of nitriles is 2. The predicted octanol–water partition coefficient (Wildman–Crippen LogP) is 2.92. The van der Waals surface area contributed by atoms with E-state index in [0.717, 1.165) is 11.1 Å². The highest BCUT2D eigenvalue weighted by atomic mass is 16.1. The Hall–Kier alpha value is -3.11. The topological polar surface area (TPSA) is 76.7 Å². The summed E-state index contributed by atoms with van der Waals surface area (Å²) in [4.78, 5) is 12.0. The third-order valence-electron chi connectivity index (χ3n) is 3.09. The van der Waals surface area contributed by atoms with Crippen molar-refractivity contribution in [2.75, 3.05) is 5.32 Å². The molecule has 1 amide bonds. The zero-order chi connectivity index (χ0) is 15.2. The summed E-state index contributed by atoms with van der Waals surface area (Å²) < 4.78 is 0. The summed E-state index contributed by atoms with van der Waals surface area (Å²) in [6, 6.07) is 16.1. The second-order valence-corrected chi connectivity index (χ2v) is 4.68. The first kappa shape index (κ1) is 14.3. The quantitative estimate of drug-likeness (QED) is 0.935. The minimum absolute atomic E-state index is 0.155. The maximum Gasteiger partial charge on any atom is 0.228 e. The number of nitrogens with zero attached hydrogens (tertiary/aromatic N) is 2. The first-order valence-corrected chi connectivity index (χ1v) is 6.42. The lowest BCUT2D eigenvalue weighted by Crippen LogP contribution is -2.15. The molecule has 0 aromatic heterocycles. The Morgan fingerprint density at radius 1 is 1.05 bits per heavy atom. The lowest BCUT2D eigenvalue weighted by Gasteiger charge is -2.09. The van der Waals surface area contributed by atoms with Crippen molar-refractivity contribution >= 4 is 11.6 Å². The minimum atomic E-state index is -0.155. The Bertz CT molecular complexity index is 749. The molecule has 2 aromatic carbocycles. The van der Waals surface area contributed by atoms with Crippen LogP contribution in [0.5, 0.6) is 0 Å². The Balaban J connectivity index is 2.08. The van der Waals surface area contributed by atoms with E-state index in [1.165, 1.54) is 0 Å². The highest BCUT2D eigenvalue weighted by Gasteiger charge is 2.07. The molecule has 102 valence electrons. The molecular formula is C17H13N3O. The fourth-order valence-electron chi connectivity index (χ4n) is 1.90. The monoisotopic (exact) mass is 275 g/mol. The van der Waals surface area contributed by atoms with Gasteiger partial charge in [-0.3, -0.25) is 4.79 Å². The Kier molecular flexibility index (Phi) is 4.33. The van der Waals surface area contributed by atoms with Gasteiger partial charge in [0, 0.05) is 5.69 Å². The normalized spacial score (nSPS) is 9.48. The summed E-state index contributed by atoms with van der Waals surface area (Å²) in [6.07, 6.45) is 0.224. The van der Waals surface area contributed by atoms with Crippen molar-refractivity contribution in [1.82, 2.24) is 0 Å². The molecule has 0 atom stereocenters. The van der Waals surface area contributed by atoms with E-state index >= 15 is 0 Å². The van der Waals surface area contributed by atoms with E-state index in [1.54, 1.807) is 42.5 Å². The molecule has 0 saturated heterocycles. The van der Waals surface area contributed by atoms with E-state index in [2.05, 4.69) is 5.32 Å². The number of aryl methyl sites for hydroxylation is 1. The van der Waals surface area contributed by atoms with Gasteiger partial charge in [0.15, 0.2) is 0 Å². The molecule has 2 aromatic rings. The van der Waals surface area contributed by atoms with E-state index in [0.29, 0.717) is 16.8 Å². The summed E-state index contributed by atoms with van der Waals surface area (Å²) >= 11 is 0. The maximum absolute atomic E-state index is 12.0. The van der Waals surface area contributed by atoms with Crippen molar-refractivity contribution in [3.05, 3.63) is 64.7 Å². The van der Waals surface area contributed by atoms with Gasteiger partial charge in [-0.2, -0.15) is 10.5 Å². The van der Waals surface area contributed by atoms with Gasteiger partial charge in [0.25, 0.3) is 0 Å². The fourth-order valence-corrected chi connectivity index (χ4v) is 1.90. The molecule has 0 radical (unpaired) electrons. The van der Waals surface area contributed by atoms with Crippen LogP contribution in [0.4, 0.5) is 5.69 Å². The molecule has 0 aliphatic heterocycles. The van der Waals surface area contributed by atoms with Gasteiger partial charge in [-0.05, 0) is 42.3 Å². The van der Waals surface area contributed by atoms with Gasteiger partial charge in [0.05, 0.1) is 29.7 Å². The number of hydrogen-bond donors (Lipinski definition) is 1. The standard InChI is InChI=1S/C17H13N3O/c1-12-2-3-15(11-19)8-16(12)20-17(21)9-13-4-6-14(10-18)7-5-13/h2-8H,9H2,1H3,(H,20,21). The molecule has 21 heavy (non-hydrogen) atoms. The van der Waals surface area contributed by atoms with E-state index in [1.807, 2.05) is 19.1 Å². The van der Waals surface area contributed by atoms with Crippen molar-refractivity contribution in [1.29, 1.82) is 10.5 Å². The zero-order valence-corrected chi connectivity index (χ0v) is 11.6. The number of anilines is 1. The number of hydrogen-bond acceptors (Lipinski definition) is 3. The van der Waals surface area contributed by atoms with E-state index < -0.39 is 0 Å². The summed E-state index contributed by atoms with van der Waals surface area (Å²) in [7, 11) is 0. The zero-order valence-electron chi connectivity index (χ0n) is 11.6. The van der Waals surface area contributed by atoms with Crippen LogP contribution in [0.25, 0.3) is 0 Å². The second-order valence-electron chi connectivity index (χ2n) is 4.68. The highest BCUT2D eigenvalue weighted by Crippen LogP contribution is 2.17. The van der Waals surface area contributed by atoms with Gasteiger partial charge in [0.1, 0.15) is 0 Å². The summed E-state index contributed by atoms with van der Waals surface area (Å²) in [6.45, 7) is 1.87. The number of rotatable bonds is 3. The van der Waals surface area contributed by atoms with Crippen LogP contribution >= 0.6 is 0 Å². The molecule has 0 aliphatic carbocycles. The van der Waals surface area contributed by atoms with Gasteiger partial charge in [-0.15, -0.1) is 0 Å². The molecule has 0 bridgehead atoms. The summed E-state index contributed by atoms with van der Waals surface area (Å²) in [5.74, 6) is -0.155. The second kappa shape index (κ2) is 6.36. The van der Waals surface area contributed by atoms with Crippen molar-refractivity contribution in [3.63, 3.8) is 0 Å². The summed E-state index contributed by atoms with van der Waals surface area (Å²) in [5, 5.41) is 20.4. The minimum Gasteiger partial charge on any atom is -0.326 e. The molecule has 0 heterocycles. The molecule has 0 saturated carbocycles. The lowest BCUT2D eigenvalue weighted by molar-refractivity contribution is -0.115. The average molecular weight is 275 g/mol. The van der Waals surface area contributed by atoms with Gasteiger partial charge in [-0.25, -0.2) is 0 Å². The van der Waals surface area contributed by atoms with Gasteiger partial charge >= 0.3 is 0 Å². The van der Waals surface area contributed by atoms with Gasteiger partial charge < -0.3 is 5.32 Å². The molecule has 0 aliphatic rings. The Labute approximate surface area is 123 Å². The van der Waals surface area contributed by atoms with Crippen LogP contribution in [-0.2, 0) is 11.2 Å². The smallest absolute Gasteiger partial charge is 0.228 e. The molecule has 0 unspecified atom stereocenters. The predicted molar refractivity (Wildman–Crippen MR) is 79.4 cm³/mol. The van der Waals surface area contributed by atoms with E-state index in [4.69, 9.17) is 10.5 Å².